The molecule has 0 saturated heterocycles. The van der Waals surface area contributed by atoms with Gasteiger partial charge in [0, 0.05) is 5.56 Å². The van der Waals surface area contributed by atoms with Crippen LogP contribution >= 0.6 is 12.2 Å². The number of hydrogen-bond donors (Lipinski definition) is 4. The van der Waals surface area contributed by atoms with E-state index in [0.29, 0.717) is 17.0 Å². The van der Waals surface area contributed by atoms with Gasteiger partial charge < -0.3 is 15.1 Å². The molecule has 2 heterocycles. The zero-order chi connectivity index (χ0) is 12.7. The second-order valence-electron chi connectivity index (χ2n) is 3.76. The maximum absolute atomic E-state index is 11.6. The first kappa shape index (κ1) is 10.7. The van der Waals surface area contributed by atoms with Gasteiger partial charge in [-0.25, -0.2) is 4.98 Å². The van der Waals surface area contributed by atoms with Gasteiger partial charge in [-0.2, -0.15) is 0 Å². The van der Waals surface area contributed by atoms with Crippen molar-refractivity contribution in [2.75, 3.05) is 0 Å². The minimum absolute atomic E-state index is 0.173. The van der Waals surface area contributed by atoms with Crippen LogP contribution < -0.4 is 5.56 Å². The van der Waals surface area contributed by atoms with Gasteiger partial charge in [0.2, 0.25) is 0 Å². The van der Waals surface area contributed by atoms with Crippen molar-refractivity contribution in [3.05, 3.63) is 39.4 Å². The van der Waals surface area contributed by atoms with Gasteiger partial charge in [-0.1, -0.05) is 0 Å². The van der Waals surface area contributed by atoms with Crippen molar-refractivity contribution < 1.29 is 5.11 Å². The molecule has 3 aromatic rings. The Kier molecular flexibility index (Phi) is 2.27. The summed E-state index contributed by atoms with van der Waals surface area (Å²) >= 11 is 4.87. The molecule has 0 aliphatic rings. The number of nitrogens with one attached hydrogen (secondary N) is 3. The maximum Gasteiger partial charge on any atom is 0.277 e. The van der Waals surface area contributed by atoms with Gasteiger partial charge in [-0.3, -0.25) is 9.78 Å². The third-order valence-corrected chi connectivity index (χ3v) is 2.73. The predicted octanol–water partition coefficient (Wildman–Crippen LogP) is 1.68. The number of fused-ring (bicyclic) bond motifs is 1. The van der Waals surface area contributed by atoms with Gasteiger partial charge in [0.15, 0.2) is 10.4 Å². The summed E-state index contributed by atoms with van der Waals surface area (Å²) < 4.78 is 0.233. The number of aromatic hydroxyl groups is 1. The standard InChI is InChI=1S/C11H8N4O2S/c16-6-3-1-5(2-4-6)8-12-7-9(13-8)14-11(18)15-10(7)17/h1-4,16H,(H3,12,13,14,15,17,18). The van der Waals surface area contributed by atoms with Gasteiger partial charge in [-0.15, -0.1) is 0 Å². The van der Waals surface area contributed by atoms with Crippen molar-refractivity contribution in [2.45, 2.75) is 0 Å². The molecular formula is C11H8N4O2S. The quantitative estimate of drug-likeness (QED) is 0.500. The lowest BCUT2D eigenvalue weighted by Gasteiger charge is -1.95. The van der Waals surface area contributed by atoms with Gasteiger partial charge in [0.05, 0.1) is 0 Å². The van der Waals surface area contributed by atoms with E-state index in [4.69, 9.17) is 12.2 Å². The lowest BCUT2D eigenvalue weighted by Crippen LogP contribution is -2.07. The zero-order valence-electron chi connectivity index (χ0n) is 9.02. The highest BCUT2D eigenvalue weighted by atomic mass is 32.1. The lowest BCUT2D eigenvalue weighted by molar-refractivity contribution is 0.475. The summed E-state index contributed by atoms with van der Waals surface area (Å²) in [7, 11) is 0. The zero-order valence-corrected chi connectivity index (χ0v) is 9.84. The Morgan fingerprint density at radius 3 is 2.56 bits per heavy atom. The van der Waals surface area contributed by atoms with Crippen LogP contribution in [0.5, 0.6) is 5.75 Å². The monoisotopic (exact) mass is 260 g/mol. The number of hydrogen-bond acceptors (Lipinski definition) is 4. The molecule has 0 unspecified atom stereocenters. The smallest absolute Gasteiger partial charge is 0.277 e. The molecule has 2 aromatic heterocycles. The van der Waals surface area contributed by atoms with E-state index < -0.39 is 0 Å². The van der Waals surface area contributed by atoms with E-state index in [-0.39, 0.29) is 16.1 Å². The molecule has 0 saturated carbocycles. The summed E-state index contributed by atoms with van der Waals surface area (Å²) in [6.45, 7) is 0. The Morgan fingerprint density at radius 1 is 1.11 bits per heavy atom. The van der Waals surface area contributed by atoms with E-state index in [9.17, 15) is 9.90 Å². The average molecular weight is 260 g/mol. The first-order valence-corrected chi connectivity index (χ1v) is 5.56. The number of imidazole rings is 1. The molecule has 0 radical (unpaired) electrons. The van der Waals surface area contributed by atoms with Crippen LogP contribution in [0.3, 0.4) is 0 Å². The van der Waals surface area contributed by atoms with Crippen LogP contribution in [0, 0.1) is 4.77 Å². The van der Waals surface area contributed by atoms with Crippen molar-refractivity contribution in [3.8, 4) is 17.1 Å². The topological polar surface area (TPSA) is 97.6 Å². The highest BCUT2D eigenvalue weighted by molar-refractivity contribution is 7.71. The van der Waals surface area contributed by atoms with Crippen LogP contribution in [-0.4, -0.2) is 25.0 Å². The number of phenols is 1. The summed E-state index contributed by atoms with van der Waals surface area (Å²) in [5.41, 5.74) is 1.20. The molecule has 0 spiro atoms. The highest BCUT2D eigenvalue weighted by Gasteiger charge is 2.08. The molecule has 0 bridgehead atoms. The molecule has 1 aromatic carbocycles. The average Bonchev–Trinajstić information content (AvgIpc) is 2.74. The predicted molar refractivity (Wildman–Crippen MR) is 69.0 cm³/mol. The van der Waals surface area contributed by atoms with E-state index in [2.05, 4.69) is 19.9 Å². The van der Waals surface area contributed by atoms with Crippen LogP contribution in [0.15, 0.2) is 29.1 Å². The van der Waals surface area contributed by atoms with Crippen LogP contribution in [0.1, 0.15) is 0 Å². The van der Waals surface area contributed by atoms with E-state index in [1.54, 1.807) is 24.3 Å². The summed E-state index contributed by atoms with van der Waals surface area (Å²) in [5, 5.41) is 9.22. The van der Waals surface area contributed by atoms with Crippen LogP contribution in [0.25, 0.3) is 22.6 Å². The number of rotatable bonds is 1. The Morgan fingerprint density at radius 2 is 1.83 bits per heavy atom. The number of H-pyrrole nitrogens is 3. The Hall–Kier alpha value is -2.41. The van der Waals surface area contributed by atoms with Crippen LogP contribution in [0.4, 0.5) is 0 Å². The van der Waals surface area contributed by atoms with Gasteiger partial charge >= 0.3 is 0 Å². The molecule has 0 atom stereocenters. The summed E-state index contributed by atoms with van der Waals surface area (Å²) in [4.78, 5) is 24.1. The second kappa shape index (κ2) is 3.81. The minimum Gasteiger partial charge on any atom is -0.508 e. The highest BCUT2D eigenvalue weighted by Crippen LogP contribution is 2.20. The molecule has 6 nitrogen and oxygen atoms in total. The fraction of sp³-hybridized carbons (Fsp3) is 0. The molecular weight excluding hydrogens is 252 g/mol. The van der Waals surface area contributed by atoms with Gasteiger partial charge in [-0.05, 0) is 36.5 Å². The van der Waals surface area contributed by atoms with Gasteiger partial charge in [0.25, 0.3) is 5.56 Å². The van der Waals surface area contributed by atoms with E-state index in [1.165, 1.54) is 0 Å². The molecule has 0 fully saturated rings. The van der Waals surface area contributed by atoms with Crippen molar-refractivity contribution >= 4 is 23.4 Å². The van der Waals surface area contributed by atoms with E-state index >= 15 is 0 Å². The Labute approximate surface area is 105 Å². The molecule has 0 aliphatic carbocycles. The summed E-state index contributed by atoms with van der Waals surface area (Å²) in [6, 6.07) is 6.51. The minimum atomic E-state index is -0.314. The summed E-state index contributed by atoms with van der Waals surface area (Å²) in [5.74, 6) is 0.708. The van der Waals surface area contributed by atoms with Crippen molar-refractivity contribution in [2.24, 2.45) is 0 Å². The largest absolute Gasteiger partial charge is 0.508 e. The number of benzene rings is 1. The summed E-state index contributed by atoms with van der Waals surface area (Å²) in [6.07, 6.45) is 0. The first-order chi connectivity index (χ1) is 8.63. The van der Waals surface area contributed by atoms with Crippen LogP contribution in [0.2, 0.25) is 0 Å². The SMILES string of the molecule is O=c1[nH]c(=S)[nH]c2nc(-c3ccc(O)cc3)[nH]c12. The number of aromatic nitrogens is 4. The number of nitrogens with zero attached hydrogens (tertiary/aromatic N) is 1. The molecule has 0 amide bonds. The van der Waals surface area contributed by atoms with Gasteiger partial charge in [0.1, 0.15) is 17.1 Å². The van der Waals surface area contributed by atoms with Crippen LogP contribution in [-0.2, 0) is 0 Å². The fourth-order valence-electron chi connectivity index (χ4n) is 1.69. The third-order valence-electron chi connectivity index (χ3n) is 2.53. The normalized spacial score (nSPS) is 10.9. The third kappa shape index (κ3) is 1.70. The second-order valence-corrected chi connectivity index (χ2v) is 4.17. The first-order valence-electron chi connectivity index (χ1n) is 5.15. The molecule has 90 valence electrons. The maximum atomic E-state index is 11.6. The number of phenolic OH excluding ortho intramolecular Hbond substituents is 1. The molecule has 18 heavy (non-hydrogen) atoms. The van der Waals surface area contributed by atoms with Crippen molar-refractivity contribution in [3.63, 3.8) is 0 Å². The fourth-order valence-corrected chi connectivity index (χ4v) is 1.88. The lowest BCUT2D eigenvalue weighted by atomic mass is 10.2. The van der Waals surface area contributed by atoms with Crippen molar-refractivity contribution in [1.82, 2.24) is 19.9 Å². The van der Waals surface area contributed by atoms with E-state index in [0.717, 1.165) is 5.56 Å². The van der Waals surface area contributed by atoms with E-state index in [1.807, 2.05) is 0 Å². The molecule has 3 rings (SSSR count). The number of aromatic amines is 3. The molecule has 0 aliphatic heterocycles. The molecule has 7 heteroatoms. The Balaban J connectivity index is 2.25. The van der Waals surface area contributed by atoms with Crippen molar-refractivity contribution in [1.29, 1.82) is 0 Å². The Bertz CT molecular complexity index is 829. The molecule has 4 N–H and O–H groups in total.